The van der Waals surface area contributed by atoms with Crippen LogP contribution in [-0.4, -0.2) is 44.3 Å². The number of likely N-dealkylation sites (N-methyl/N-ethyl adjacent to an activating group) is 1. The monoisotopic (exact) mass is 555 g/mol. The molecule has 1 N–H and O–H groups in total. The summed E-state index contributed by atoms with van der Waals surface area (Å²) >= 11 is 6.16. The zero-order chi connectivity index (χ0) is 28.0. The van der Waals surface area contributed by atoms with Crippen molar-refractivity contribution in [2.45, 2.75) is 52.1 Å². The number of benzene rings is 3. The molecular weight excluding hydrogens is 522 g/mol. The quantitative estimate of drug-likeness (QED) is 0.381. The van der Waals surface area contributed by atoms with Crippen molar-refractivity contribution in [3.8, 4) is 0 Å². The number of hydrogen-bond acceptors (Lipinski definition) is 4. The van der Waals surface area contributed by atoms with Crippen LogP contribution in [0.3, 0.4) is 0 Å². The molecule has 3 aromatic carbocycles. The smallest absolute Gasteiger partial charge is 0.264 e. The molecule has 2 amide bonds. The maximum Gasteiger partial charge on any atom is 0.264 e. The van der Waals surface area contributed by atoms with E-state index in [0.717, 1.165) is 26.6 Å². The summed E-state index contributed by atoms with van der Waals surface area (Å²) in [6.07, 6.45) is 0. The SMILES string of the molecule is CCNC(=O)C(C)N(Cc1cccc(Cl)c1)C(=O)CN(c1cc(C)cc(C)c1)S(=O)(=O)c1ccc(C)cc1. The number of nitrogens with one attached hydrogen (secondary N) is 1. The Kier molecular flexibility index (Phi) is 9.57. The van der Waals surface area contributed by atoms with Gasteiger partial charge in [0.1, 0.15) is 12.6 Å². The fourth-order valence-corrected chi connectivity index (χ4v) is 5.81. The molecule has 9 heteroatoms. The lowest BCUT2D eigenvalue weighted by molar-refractivity contribution is -0.139. The third-order valence-corrected chi connectivity index (χ3v) is 8.17. The first-order valence-electron chi connectivity index (χ1n) is 12.4. The average molecular weight is 556 g/mol. The van der Waals surface area contributed by atoms with Gasteiger partial charge < -0.3 is 10.2 Å². The second-order valence-electron chi connectivity index (χ2n) is 9.39. The Morgan fingerprint density at radius 3 is 2.13 bits per heavy atom. The lowest BCUT2D eigenvalue weighted by Gasteiger charge is -2.32. The minimum atomic E-state index is -4.10. The number of rotatable bonds is 10. The van der Waals surface area contributed by atoms with E-state index in [-0.39, 0.29) is 17.3 Å². The summed E-state index contributed by atoms with van der Waals surface area (Å²) in [6.45, 7) is 9.05. The molecule has 7 nitrogen and oxygen atoms in total. The van der Waals surface area contributed by atoms with Crippen LogP contribution >= 0.6 is 11.6 Å². The van der Waals surface area contributed by atoms with E-state index in [9.17, 15) is 18.0 Å². The molecule has 0 aliphatic carbocycles. The molecule has 0 radical (unpaired) electrons. The van der Waals surface area contributed by atoms with E-state index in [0.29, 0.717) is 17.3 Å². The molecule has 0 spiro atoms. The molecule has 0 fully saturated rings. The molecule has 202 valence electrons. The minimum Gasteiger partial charge on any atom is -0.355 e. The molecule has 0 bridgehead atoms. The summed E-state index contributed by atoms with van der Waals surface area (Å²) in [5.41, 5.74) is 3.75. The number of halogens is 1. The second kappa shape index (κ2) is 12.5. The Labute approximate surface area is 230 Å². The zero-order valence-corrected chi connectivity index (χ0v) is 23.9. The van der Waals surface area contributed by atoms with Crippen LogP contribution in [0.15, 0.2) is 71.6 Å². The molecule has 0 aliphatic rings. The Hall–Kier alpha value is -3.36. The van der Waals surface area contributed by atoms with Crippen LogP contribution in [0.5, 0.6) is 0 Å². The summed E-state index contributed by atoms with van der Waals surface area (Å²) in [7, 11) is -4.10. The van der Waals surface area contributed by atoms with Crippen LogP contribution < -0.4 is 9.62 Å². The number of anilines is 1. The van der Waals surface area contributed by atoms with Gasteiger partial charge in [0.05, 0.1) is 10.6 Å². The molecule has 38 heavy (non-hydrogen) atoms. The zero-order valence-electron chi connectivity index (χ0n) is 22.4. The lowest BCUT2D eigenvalue weighted by atomic mass is 10.1. The molecule has 1 unspecified atom stereocenters. The first kappa shape index (κ1) is 29.2. The van der Waals surface area contributed by atoms with Gasteiger partial charge in [0.25, 0.3) is 10.0 Å². The van der Waals surface area contributed by atoms with E-state index in [1.807, 2.05) is 26.8 Å². The van der Waals surface area contributed by atoms with Crippen LogP contribution in [0.4, 0.5) is 5.69 Å². The Bertz CT molecular complexity index is 1390. The highest BCUT2D eigenvalue weighted by molar-refractivity contribution is 7.92. The molecule has 0 aromatic heterocycles. The topological polar surface area (TPSA) is 86.8 Å². The highest BCUT2D eigenvalue weighted by Crippen LogP contribution is 2.27. The number of carbonyl (C=O) groups excluding carboxylic acids is 2. The molecule has 3 rings (SSSR count). The van der Waals surface area contributed by atoms with Crippen molar-refractivity contribution in [1.82, 2.24) is 10.2 Å². The van der Waals surface area contributed by atoms with E-state index >= 15 is 0 Å². The van der Waals surface area contributed by atoms with E-state index in [2.05, 4.69) is 5.32 Å². The number of sulfonamides is 1. The third kappa shape index (κ3) is 7.14. The van der Waals surface area contributed by atoms with Crippen molar-refractivity contribution < 1.29 is 18.0 Å². The number of hydrogen-bond donors (Lipinski definition) is 1. The predicted molar refractivity (Wildman–Crippen MR) is 152 cm³/mol. The number of amides is 2. The Morgan fingerprint density at radius 2 is 1.55 bits per heavy atom. The summed E-state index contributed by atoms with van der Waals surface area (Å²) in [6, 6.07) is 18.1. The number of aryl methyl sites for hydroxylation is 3. The first-order chi connectivity index (χ1) is 17.9. The van der Waals surface area contributed by atoms with E-state index < -0.39 is 28.5 Å². The summed E-state index contributed by atoms with van der Waals surface area (Å²) in [5.74, 6) is -0.846. The molecular formula is C29H34ClN3O4S. The van der Waals surface area contributed by atoms with Gasteiger partial charge in [-0.3, -0.25) is 13.9 Å². The minimum absolute atomic E-state index is 0.0771. The van der Waals surface area contributed by atoms with Gasteiger partial charge in [-0.05, 0) is 87.7 Å². The van der Waals surface area contributed by atoms with E-state index in [1.54, 1.807) is 62.4 Å². The van der Waals surface area contributed by atoms with Crippen LogP contribution in [0, 0.1) is 20.8 Å². The van der Waals surface area contributed by atoms with Crippen molar-refractivity contribution in [3.05, 3.63) is 94.0 Å². The van der Waals surface area contributed by atoms with Crippen molar-refractivity contribution in [1.29, 1.82) is 0 Å². The fraction of sp³-hybridized carbons (Fsp3) is 0.310. The van der Waals surface area contributed by atoms with Crippen molar-refractivity contribution >= 4 is 39.1 Å². The predicted octanol–water partition coefficient (Wildman–Crippen LogP) is 5.01. The molecule has 0 saturated heterocycles. The third-order valence-electron chi connectivity index (χ3n) is 6.14. The van der Waals surface area contributed by atoms with Gasteiger partial charge in [-0.25, -0.2) is 8.42 Å². The molecule has 1 atom stereocenters. The van der Waals surface area contributed by atoms with Gasteiger partial charge in [0, 0.05) is 18.1 Å². The van der Waals surface area contributed by atoms with Crippen molar-refractivity contribution in [2.24, 2.45) is 0 Å². The van der Waals surface area contributed by atoms with Crippen molar-refractivity contribution in [2.75, 3.05) is 17.4 Å². The fourth-order valence-electron chi connectivity index (χ4n) is 4.20. The van der Waals surface area contributed by atoms with Crippen molar-refractivity contribution in [3.63, 3.8) is 0 Å². The number of nitrogens with zero attached hydrogens (tertiary/aromatic N) is 2. The summed E-state index contributed by atoms with van der Waals surface area (Å²) in [4.78, 5) is 28.1. The van der Waals surface area contributed by atoms with Crippen LogP contribution in [0.2, 0.25) is 5.02 Å². The van der Waals surface area contributed by atoms with E-state index in [4.69, 9.17) is 11.6 Å². The maximum atomic E-state index is 13.9. The second-order valence-corrected chi connectivity index (χ2v) is 11.7. The van der Waals surface area contributed by atoms with Gasteiger partial charge in [-0.1, -0.05) is 47.5 Å². The van der Waals surface area contributed by atoms with Gasteiger partial charge >= 0.3 is 0 Å². The highest BCUT2D eigenvalue weighted by Gasteiger charge is 2.32. The summed E-state index contributed by atoms with van der Waals surface area (Å²) in [5, 5.41) is 3.25. The Morgan fingerprint density at radius 1 is 0.921 bits per heavy atom. The Balaban J connectivity index is 2.07. The largest absolute Gasteiger partial charge is 0.355 e. The average Bonchev–Trinajstić information content (AvgIpc) is 2.85. The van der Waals surface area contributed by atoms with Crippen LogP contribution in [0.1, 0.15) is 36.1 Å². The molecule has 0 heterocycles. The standard InChI is InChI=1S/C29H34ClN3O4S/c1-6-31-29(35)23(5)32(18-24-8-7-9-25(30)17-24)28(34)19-33(26-15-21(3)14-22(4)16-26)38(36,37)27-12-10-20(2)11-13-27/h7-17,23H,6,18-19H2,1-5H3,(H,31,35). The van der Waals surface area contributed by atoms with Gasteiger partial charge in [0.2, 0.25) is 11.8 Å². The normalized spacial score (nSPS) is 12.1. The van der Waals surface area contributed by atoms with Crippen LogP contribution in [0.25, 0.3) is 0 Å². The molecule has 0 saturated carbocycles. The summed E-state index contributed by atoms with van der Waals surface area (Å²) < 4.78 is 28.9. The van der Waals surface area contributed by atoms with Gasteiger partial charge in [0.15, 0.2) is 0 Å². The number of carbonyl (C=O) groups is 2. The van der Waals surface area contributed by atoms with E-state index in [1.165, 1.54) is 17.0 Å². The van der Waals surface area contributed by atoms with Gasteiger partial charge in [-0.2, -0.15) is 0 Å². The molecule has 3 aromatic rings. The highest BCUT2D eigenvalue weighted by atomic mass is 35.5. The lowest BCUT2D eigenvalue weighted by Crippen LogP contribution is -2.51. The van der Waals surface area contributed by atoms with Crippen LogP contribution in [-0.2, 0) is 26.2 Å². The van der Waals surface area contributed by atoms with Gasteiger partial charge in [-0.15, -0.1) is 0 Å². The first-order valence-corrected chi connectivity index (χ1v) is 14.2. The molecule has 0 aliphatic heterocycles. The maximum absolute atomic E-state index is 13.9.